The van der Waals surface area contributed by atoms with Gasteiger partial charge in [-0.05, 0) is 19.1 Å². The summed E-state index contributed by atoms with van der Waals surface area (Å²) in [5.41, 5.74) is 0.139. The van der Waals surface area contributed by atoms with Crippen molar-refractivity contribution >= 4 is 27.5 Å². The minimum absolute atomic E-state index is 0.139. The van der Waals surface area contributed by atoms with Gasteiger partial charge in [-0.15, -0.1) is 0 Å². The maximum atomic E-state index is 13.1. The van der Waals surface area contributed by atoms with Crippen molar-refractivity contribution in [3.63, 3.8) is 0 Å². The third-order valence-electron chi connectivity index (χ3n) is 1.46. The second-order valence-corrected chi connectivity index (χ2v) is 3.78. The lowest BCUT2D eigenvalue weighted by molar-refractivity contribution is 0.194. The fourth-order valence-electron chi connectivity index (χ4n) is 0.952. The Morgan fingerprint density at radius 3 is 2.58 bits per heavy atom. The topological polar surface area (TPSA) is 20.2 Å². The van der Waals surface area contributed by atoms with Crippen LogP contribution in [0.5, 0.6) is 0 Å². The lowest BCUT2D eigenvalue weighted by Gasteiger charge is -2.08. The molecule has 0 bridgehead atoms. The van der Waals surface area contributed by atoms with Crippen LogP contribution in [0.15, 0.2) is 16.6 Å². The average Bonchev–Trinajstić information content (AvgIpc) is 1.82. The van der Waals surface area contributed by atoms with E-state index in [0.717, 1.165) is 0 Å². The van der Waals surface area contributed by atoms with Gasteiger partial charge in [-0.3, -0.25) is 0 Å². The van der Waals surface area contributed by atoms with Crippen molar-refractivity contribution in [2.24, 2.45) is 0 Å². The van der Waals surface area contributed by atoms with Crippen LogP contribution in [-0.4, -0.2) is 5.11 Å². The minimum atomic E-state index is -0.884. The van der Waals surface area contributed by atoms with Gasteiger partial charge in [-0.25, -0.2) is 4.39 Å². The summed E-state index contributed by atoms with van der Waals surface area (Å²) in [6.07, 6.45) is -0.884. The molecule has 4 heteroatoms. The molecule has 1 aromatic carbocycles. The summed E-state index contributed by atoms with van der Waals surface area (Å²) in [7, 11) is 0. The monoisotopic (exact) mass is 252 g/mol. The number of aliphatic hydroxyl groups is 1. The molecule has 12 heavy (non-hydrogen) atoms. The zero-order valence-electron chi connectivity index (χ0n) is 6.31. The van der Waals surface area contributed by atoms with Crippen LogP contribution in [0.3, 0.4) is 0 Å². The van der Waals surface area contributed by atoms with E-state index < -0.39 is 11.9 Å². The fourth-order valence-corrected chi connectivity index (χ4v) is 1.88. The van der Waals surface area contributed by atoms with E-state index in [1.807, 2.05) is 0 Å². The molecule has 1 rings (SSSR count). The first-order valence-electron chi connectivity index (χ1n) is 3.35. The van der Waals surface area contributed by atoms with Crippen molar-refractivity contribution in [3.8, 4) is 0 Å². The number of aliphatic hydroxyl groups excluding tert-OH is 1. The smallest absolute Gasteiger partial charge is 0.131 e. The van der Waals surface area contributed by atoms with E-state index >= 15 is 0 Å². The first kappa shape index (κ1) is 9.96. The molecule has 0 spiro atoms. The predicted octanol–water partition coefficient (Wildman–Crippen LogP) is 3.29. The number of rotatable bonds is 1. The molecule has 66 valence electrons. The van der Waals surface area contributed by atoms with E-state index in [-0.39, 0.29) is 10.6 Å². The van der Waals surface area contributed by atoms with E-state index in [1.165, 1.54) is 13.0 Å². The van der Waals surface area contributed by atoms with Gasteiger partial charge in [0, 0.05) is 10.0 Å². The minimum Gasteiger partial charge on any atom is -0.389 e. The zero-order chi connectivity index (χ0) is 9.30. The van der Waals surface area contributed by atoms with Gasteiger partial charge in [0.25, 0.3) is 0 Å². The molecule has 1 aromatic rings. The average molecular weight is 253 g/mol. The summed E-state index contributed by atoms with van der Waals surface area (Å²) < 4.78 is 13.7. The number of benzene rings is 1. The van der Waals surface area contributed by atoms with Crippen LogP contribution < -0.4 is 0 Å². The van der Waals surface area contributed by atoms with Crippen LogP contribution in [0.25, 0.3) is 0 Å². The highest BCUT2D eigenvalue weighted by Gasteiger charge is 2.13. The van der Waals surface area contributed by atoms with Crippen molar-refractivity contribution < 1.29 is 9.50 Å². The van der Waals surface area contributed by atoms with E-state index in [1.54, 1.807) is 6.07 Å². The van der Waals surface area contributed by atoms with E-state index in [0.29, 0.717) is 4.47 Å². The molecule has 0 saturated heterocycles. The Balaban J connectivity index is 3.28. The summed E-state index contributed by atoms with van der Waals surface area (Å²) in [6, 6.07) is 2.82. The molecular formula is C8H7BrClFO. The normalized spacial score (nSPS) is 13.1. The van der Waals surface area contributed by atoms with Crippen molar-refractivity contribution in [3.05, 3.63) is 33.0 Å². The Morgan fingerprint density at radius 2 is 2.17 bits per heavy atom. The molecule has 1 unspecified atom stereocenters. The van der Waals surface area contributed by atoms with Crippen LogP contribution >= 0.6 is 27.5 Å². The molecule has 0 saturated carbocycles. The van der Waals surface area contributed by atoms with Crippen molar-refractivity contribution in [1.82, 2.24) is 0 Å². The molecule has 0 aliphatic rings. The van der Waals surface area contributed by atoms with Gasteiger partial charge < -0.3 is 5.11 Å². The van der Waals surface area contributed by atoms with Crippen LogP contribution in [0.4, 0.5) is 4.39 Å². The molecule has 0 fully saturated rings. The van der Waals surface area contributed by atoms with Crippen LogP contribution in [0.2, 0.25) is 5.02 Å². The van der Waals surface area contributed by atoms with Gasteiger partial charge in [-0.2, -0.15) is 0 Å². The Bertz CT molecular complexity index is 278. The highest BCUT2D eigenvalue weighted by atomic mass is 79.9. The molecule has 0 heterocycles. The van der Waals surface area contributed by atoms with Crippen molar-refractivity contribution in [1.29, 1.82) is 0 Å². The lowest BCUT2D eigenvalue weighted by atomic mass is 10.1. The summed E-state index contributed by atoms with van der Waals surface area (Å²) in [4.78, 5) is 0. The Kier molecular flexibility index (Phi) is 3.09. The van der Waals surface area contributed by atoms with Crippen LogP contribution in [-0.2, 0) is 0 Å². The number of hydrogen-bond acceptors (Lipinski definition) is 1. The van der Waals surface area contributed by atoms with Gasteiger partial charge in [0.15, 0.2) is 0 Å². The summed E-state index contributed by atoms with van der Waals surface area (Å²) in [5, 5.41) is 9.37. The standard InChI is InChI=1S/C8H7BrClFO/c1-4(12)8-6(10)2-5(9)3-7(8)11/h2-4,12H,1H3. The molecule has 0 aliphatic heterocycles. The van der Waals surface area contributed by atoms with Crippen LogP contribution in [0, 0.1) is 5.82 Å². The van der Waals surface area contributed by atoms with Gasteiger partial charge in [-0.1, -0.05) is 27.5 Å². The van der Waals surface area contributed by atoms with Crippen LogP contribution in [0.1, 0.15) is 18.6 Å². The van der Waals surface area contributed by atoms with Gasteiger partial charge in [0.1, 0.15) is 5.82 Å². The Labute approximate surface area is 83.3 Å². The second kappa shape index (κ2) is 3.73. The largest absolute Gasteiger partial charge is 0.389 e. The predicted molar refractivity (Wildman–Crippen MR) is 49.7 cm³/mol. The molecular weight excluding hydrogens is 246 g/mol. The summed E-state index contributed by atoms with van der Waals surface area (Å²) in [6.45, 7) is 1.47. The highest BCUT2D eigenvalue weighted by molar-refractivity contribution is 9.10. The molecule has 1 N–H and O–H groups in total. The van der Waals surface area contributed by atoms with Gasteiger partial charge in [0.2, 0.25) is 0 Å². The van der Waals surface area contributed by atoms with Crippen molar-refractivity contribution in [2.75, 3.05) is 0 Å². The molecule has 0 amide bonds. The number of halogens is 3. The number of hydrogen-bond donors (Lipinski definition) is 1. The molecule has 0 aliphatic carbocycles. The fraction of sp³-hybridized carbons (Fsp3) is 0.250. The first-order valence-corrected chi connectivity index (χ1v) is 4.52. The zero-order valence-corrected chi connectivity index (χ0v) is 8.66. The third kappa shape index (κ3) is 1.97. The quantitative estimate of drug-likeness (QED) is 0.814. The maximum Gasteiger partial charge on any atom is 0.131 e. The second-order valence-electron chi connectivity index (χ2n) is 2.46. The third-order valence-corrected chi connectivity index (χ3v) is 2.23. The molecule has 0 aromatic heterocycles. The first-order chi connectivity index (χ1) is 5.52. The Hall–Kier alpha value is -0.120. The Morgan fingerprint density at radius 1 is 1.58 bits per heavy atom. The van der Waals surface area contributed by atoms with Crippen molar-refractivity contribution in [2.45, 2.75) is 13.0 Å². The van der Waals surface area contributed by atoms with E-state index in [2.05, 4.69) is 15.9 Å². The van der Waals surface area contributed by atoms with E-state index in [4.69, 9.17) is 16.7 Å². The van der Waals surface area contributed by atoms with E-state index in [9.17, 15) is 4.39 Å². The van der Waals surface area contributed by atoms with Gasteiger partial charge in [0.05, 0.1) is 11.1 Å². The molecule has 0 radical (unpaired) electrons. The summed E-state index contributed by atoms with van der Waals surface area (Å²) in [5.74, 6) is -0.496. The SMILES string of the molecule is CC(O)c1c(F)cc(Br)cc1Cl. The highest BCUT2D eigenvalue weighted by Crippen LogP contribution is 2.29. The van der Waals surface area contributed by atoms with Gasteiger partial charge >= 0.3 is 0 Å². The summed E-state index contributed by atoms with van der Waals surface area (Å²) >= 11 is 8.79. The molecule has 1 atom stereocenters. The molecule has 1 nitrogen and oxygen atoms in total. The maximum absolute atomic E-state index is 13.1. The lowest BCUT2D eigenvalue weighted by Crippen LogP contribution is -1.96.